The Bertz CT molecular complexity index is 606. The third-order valence-electron chi connectivity index (χ3n) is 2.68. The molecule has 1 aromatic carbocycles. The molecule has 0 unspecified atom stereocenters. The van der Waals surface area contributed by atoms with Crippen LogP contribution in [0.15, 0.2) is 18.2 Å². The Morgan fingerprint density at radius 3 is 3.06 bits per heavy atom. The second kappa shape index (κ2) is 3.68. The summed E-state index contributed by atoms with van der Waals surface area (Å²) in [4.78, 5) is 10.3. The second-order valence-electron chi connectivity index (χ2n) is 3.89. The standard InChI is InChI=1S/C10H8ClN3O3/c11-10-8-2-1-6(14(15)16)3-9(8)13(12-10)4-7-5-17-7/h1-3,7H,4-5H2/t7-/m0/s1. The zero-order chi connectivity index (χ0) is 12.0. The first kappa shape index (κ1) is 10.5. The lowest BCUT2D eigenvalue weighted by Gasteiger charge is -1.99. The van der Waals surface area contributed by atoms with Crippen LogP contribution < -0.4 is 0 Å². The SMILES string of the molecule is O=[N+]([O-])c1ccc2c(Cl)nn(C[C@H]3CO3)c2c1. The van der Waals surface area contributed by atoms with Crippen LogP contribution in [0.4, 0.5) is 5.69 Å². The molecule has 1 saturated heterocycles. The van der Waals surface area contributed by atoms with Crippen LogP contribution in [0.5, 0.6) is 0 Å². The minimum Gasteiger partial charge on any atom is -0.371 e. The molecule has 1 aliphatic rings. The maximum absolute atomic E-state index is 10.7. The van der Waals surface area contributed by atoms with Gasteiger partial charge in [-0.3, -0.25) is 14.8 Å². The Labute approximate surface area is 101 Å². The molecule has 0 radical (unpaired) electrons. The van der Waals surface area contributed by atoms with E-state index in [-0.39, 0.29) is 11.8 Å². The molecule has 6 nitrogen and oxygen atoms in total. The van der Waals surface area contributed by atoms with E-state index in [4.69, 9.17) is 16.3 Å². The first-order valence-electron chi connectivity index (χ1n) is 5.07. The maximum atomic E-state index is 10.7. The van der Waals surface area contributed by atoms with Gasteiger partial charge in [0.25, 0.3) is 5.69 Å². The van der Waals surface area contributed by atoms with Gasteiger partial charge in [0.2, 0.25) is 0 Å². The van der Waals surface area contributed by atoms with Gasteiger partial charge in [-0.1, -0.05) is 11.6 Å². The Hall–Kier alpha value is -1.66. The van der Waals surface area contributed by atoms with Crippen LogP contribution in [-0.2, 0) is 11.3 Å². The number of hydrogen-bond acceptors (Lipinski definition) is 4. The first-order chi connectivity index (χ1) is 8.15. The lowest BCUT2D eigenvalue weighted by atomic mass is 10.2. The second-order valence-corrected chi connectivity index (χ2v) is 4.24. The molecule has 1 atom stereocenters. The van der Waals surface area contributed by atoms with E-state index in [1.54, 1.807) is 10.7 Å². The van der Waals surface area contributed by atoms with Crippen LogP contribution in [0.1, 0.15) is 0 Å². The Balaban J connectivity index is 2.13. The van der Waals surface area contributed by atoms with Gasteiger partial charge >= 0.3 is 0 Å². The molecular formula is C10H8ClN3O3. The molecule has 0 amide bonds. The summed E-state index contributed by atoms with van der Waals surface area (Å²) in [5.41, 5.74) is 0.701. The first-order valence-corrected chi connectivity index (χ1v) is 5.45. The fourth-order valence-corrected chi connectivity index (χ4v) is 1.99. The summed E-state index contributed by atoms with van der Waals surface area (Å²) in [5, 5.41) is 15.9. The molecule has 88 valence electrons. The maximum Gasteiger partial charge on any atom is 0.271 e. The van der Waals surface area contributed by atoms with Crippen molar-refractivity contribution in [2.45, 2.75) is 12.6 Å². The summed E-state index contributed by atoms with van der Waals surface area (Å²) in [6, 6.07) is 4.53. The average molecular weight is 254 g/mol. The monoisotopic (exact) mass is 253 g/mol. The third kappa shape index (κ3) is 1.85. The van der Waals surface area contributed by atoms with Crippen molar-refractivity contribution in [2.75, 3.05) is 6.61 Å². The van der Waals surface area contributed by atoms with Crippen LogP contribution >= 0.6 is 11.6 Å². The minimum atomic E-state index is -0.432. The molecule has 3 rings (SSSR count). The zero-order valence-electron chi connectivity index (χ0n) is 8.67. The molecule has 7 heteroatoms. The molecule has 1 fully saturated rings. The molecule has 0 aliphatic carbocycles. The van der Waals surface area contributed by atoms with Gasteiger partial charge in [-0.15, -0.1) is 0 Å². The van der Waals surface area contributed by atoms with Crippen molar-refractivity contribution in [2.24, 2.45) is 0 Å². The van der Waals surface area contributed by atoms with Crippen molar-refractivity contribution in [3.05, 3.63) is 33.5 Å². The fraction of sp³-hybridized carbons (Fsp3) is 0.300. The number of rotatable bonds is 3. The van der Waals surface area contributed by atoms with E-state index in [2.05, 4.69) is 5.10 Å². The Kier molecular flexibility index (Phi) is 2.27. The molecule has 1 aromatic heterocycles. The molecule has 1 aliphatic heterocycles. The summed E-state index contributed by atoms with van der Waals surface area (Å²) < 4.78 is 6.77. The number of benzene rings is 1. The number of ether oxygens (including phenoxy) is 1. The third-order valence-corrected chi connectivity index (χ3v) is 2.96. The number of hydrogen-bond donors (Lipinski definition) is 0. The van der Waals surface area contributed by atoms with Crippen LogP contribution in [0.25, 0.3) is 10.9 Å². The Morgan fingerprint density at radius 2 is 2.41 bits per heavy atom. The van der Waals surface area contributed by atoms with Crippen LogP contribution in [-0.4, -0.2) is 27.4 Å². The number of aromatic nitrogens is 2. The summed E-state index contributed by atoms with van der Waals surface area (Å²) in [7, 11) is 0. The number of non-ortho nitro benzene ring substituents is 1. The number of nitro groups is 1. The van der Waals surface area contributed by atoms with Gasteiger partial charge in [-0.25, -0.2) is 0 Å². The van der Waals surface area contributed by atoms with Gasteiger partial charge in [0.05, 0.1) is 23.6 Å². The molecule has 0 bridgehead atoms. The van der Waals surface area contributed by atoms with E-state index in [0.29, 0.717) is 23.8 Å². The fourth-order valence-electron chi connectivity index (χ4n) is 1.74. The van der Waals surface area contributed by atoms with Gasteiger partial charge in [-0.05, 0) is 6.07 Å². The molecule has 17 heavy (non-hydrogen) atoms. The number of fused-ring (bicyclic) bond motifs is 1. The normalized spacial score (nSPS) is 18.5. The van der Waals surface area contributed by atoms with E-state index in [9.17, 15) is 10.1 Å². The van der Waals surface area contributed by atoms with E-state index in [1.807, 2.05) is 0 Å². The smallest absolute Gasteiger partial charge is 0.271 e. The summed E-state index contributed by atoms with van der Waals surface area (Å²) >= 11 is 5.97. The molecule has 0 spiro atoms. The van der Waals surface area contributed by atoms with E-state index < -0.39 is 4.92 Å². The summed E-state index contributed by atoms with van der Waals surface area (Å²) in [6.45, 7) is 1.28. The largest absolute Gasteiger partial charge is 0.371 e. The summed E-state index contributed by atoms with van der Waals surface area (Å²) in [6.07, 6.45) is 0.147. The van der Waals surface area contributed by atoms with Gasteiger partial charge in [0.15, 0.2) is 5.15 Å². The predicted octanol–water partition coefficient (Wildman–Crippen LogP) is 2.00. The molecular weight excluding hydrogens is 246 g/mol. The predicted molar refractivity (Wildman–Crippen MR) is 61.1 cm³/mol. The lowest BCUT2D eigenvalue weighted by Crippen LogP contribution is -2.05. The van der Waals surface area contributed by atoms with Crippen LogP contribution in [0.3, 0.4) is 0 Å². The Morgan fingerprint density at radius 1 is 1.65 bits per heavy atom. The van der Waals surface area contributed by atoms with Crippen molar-refractivity contribution >= 4 is 28.2 Å². The molecule has 2 heterocycles. The highest BCUT2D eigenvalue weighted by molar-refractivity contribution is 6.34. The van der Waals surface area contributed by atoms with Crippen LogP contribution in [0, 0.1) is 10.1 Å². The zero-order valence-corrected chi connectivity index (χ0v) is 9.42. The van der Waals surface area contributed by atoms with Crippen molar-refractivity contribution in [1.82, 2.24) is 9.78 Å². The number of halogens is 1. The van der Waals surface area contributed by atoms with Gasteiger partial charge in [0, 0.05) is 17.5 Å². The quantitative estimate of drug-likeness (QED) is 0.476. The molecule has 0 saturated carbocycles. The van der Waals surface area contributed by atoms with Crippen LogP contribution in [0.2, 0.25) is 5.15 Å². The molecule has 0 N–H and O–H groups in total. The average Bonchev–Trinajstić information content (AvgIpc) is 3.05. The van der Waals surface area contributed by atoms with Crippen molar-refractivity contribution < 1.29 is 9.66 Å². The molecule has 2 aromatic rings. The number of nitro benzene ring substituents is 1. The van der Waals surface area contributed by atoms with Gasteiger partial charge in [0.1, 0.15) is 6.10 Å². The summed E-state index contributed by atoms with van der Waals surface area (Å²) in [5.74, 6) is 0. The highest BCUT2D eigenvalue weighted by atomic mass is 35.5. The minimum absolute atomic E-state index is 0.0343. The number of nitrogens with zero attached hydrogens (tertiary/aromatic N) is 3. The van der Waals surface area contributed by atoms with E-state index in [0.717, 1.165) is 5.39 Å². The van der Waals surface area contributed by atoms with Crippen molar-refractivity contribution in [3.8, 4) is 0 Å². The van der Waals surface area contributed by atoms with Crippen molar-refractivity contribution in [3.63, 3.8) is 0 Å². The van der Waals surface area contributed by atoms with E-state index >= 15 is 0 Å². The number of epoxide rings is 1. The lowest BCUT2D eigenvalue weighted by molar-refractivity contribution is -0.384. The van der Waals surface area contributed by atoms with Gasteiger partial charge < -0.3 is 4.74 Å². The topological polar surface area (TPSA) is 73.5 Å². The van der Waals surface area contributed by atoms with Gasteiger partial charge in [-0.2, -0.15) is 5.10 Å². The van der Waals surface area contributed by atoms with E-state index in [1.165, 1.54) is 12.1 Å². The van der Waals surface area contributed by atoms with Crippen molar-refractivity contribution in [1.29, 1.82) is 0 Å². The highest BCUT2D eigenvalue weighted by Crippen LogP contribution is 2.27. The highest BCUT2D eigenvalue weighted by Gasteiger charge is 2.25.